The van der Waals surface area contributed by atoms with Crippen LogP contribution in [-0.4, -0.2) is 40.1 Å². The summed E-state index contributed by atoms with van der Waals surface area (Å²) in [5.74, 6) is -0.0466. The van der Waals surface area contributed by atoms with E-state index in [1.807, 2.05) is 0 Å². The molecule has 1 saturated heterocycles. The number of pyridine rings is 1. The monoisotopic (exact) mass is 192 g/mol. The molecule has 0 bridgehead atoms. The number of aliphatic hydroxyl groups is 1. The first kappa shape index (κ1) is 9.15. The second-order valence-corrected chi connectivity index (χ2v) is 3.44. The first-order valence-corrected chi connectivity index (χ1v) is 4.65. The van der Waals surface area contributed by atoms with E-state index in [1.54, 1.807) is 29.4 Å². The molecular formula is C10H12N2O2. The lowest BCUT2D eigenvalue weighted by Crippen LogP contribution is -2.29. The maximum Gasteiger partial charge on any atom is 0.255 e. The number of amides is 1. The number of β-amino-alcohol motifs (C(OH)–C–C–N with tert-alkyl or cyclic N) is 1. The number of rotatable bonds is 1. The van der Waals surface area contributed by atoms with E-state index in [4.69, 9.17) is 0 Å². The van der Waals surface area contributed by atoms with Gasteiger partial charge in [-0.25, -0.2) is 0 Å². The van der Waals surface area contributed by atoms with Crippen LogP contribution in [0.3, 0.4) is 0 Å². The summed E-state index contributed by atoms with van der Waals surface area (Å²) in [7, 11) is 0. The first-order chi connectivity index (χ1) is 6.77. The maximum atomic E-state index is 11.8. The van der Waals surface area contributed by atoms with Crippen LogP contribution in [0.1, 0.15) is 16.8 Å². The minimum atomic E-state index is -0.365. The molecule has 1 aromatic rings. The highest BCUT2D eigenvalue weighted by Crippen LogP contribution is 2.12. The van der Waals surface area contributed by atoms with Crippen molar-refractivity contribution in [1.29, 1.82) is 0 Å². The molecule has 1 aliphatic rings. The van der Waals surface area contributed by atoms with Crippen molar-refractivity contribution in [2.45, 2.75) is 12.5 Å². The summed E-state index contributed by atoms with van der Waals surface area (Å²) in [4.78, 5) is 17.3. The molecule has 1 N–H and O–H groups in total. The molecule has 4 heteroatoms. The van der Waals surface area contributed by atoms with Crippen molar-refractivity contribution in [2.75, 3.05) is 13.1 Å². The van der Waals surface area contributed by atoms with Crippen LogP contribution in [0.25, 0.3) is 0 Å². The molecule has 1 fully saturated rings. The van der Waals surface area contributed by atoms with Crippen LogP contribution in [0.15, 0.2) is 24.5 Å². The van der Waals surface area contributed by atoms with Gasteiger partial charge in [-0.2, -0.15) is 0 Å². The van der Waals surface area contributed by atoms with E-state index in [9.17, 15) is 9.90 Å². The first-order valence-electron chi connectivity index (χ1n) is 4.65. The van der Waals surface area contributed by atoms with E-state index < -0.39 is 0 Å². The van der Waals surface area contributed by atoms with E-state index in [1.165, 1.54) is 0 Å². The third kappa shape index (κ3) is 1.75. The minimum Gasteiger partial charge on any atom is -0.391 e. The highest BCUT2D eigenvalue weighted by molar-refractivity contribution is 5.94. The normalized spacial score (nSPS) is 21.2. The van der Waals surface area contributed by atoms with Crippen LogP contribution in [-0.2, 0) is 0 Å². The van der Waals surface area contributed by atoms with E-state index >= 15 is 0 Å². The zero-order valence-electron chi connectivity index (χ0n) is 7.76. The van der Waals surface area contributed by atoms with Crippen molar-refractivity contribution < 1.29 is 9.90 Å². The molecule has 1 aliphatic heterocycles. The second-order valence-electron chi connectivity index (χ2n) is 3.44. The summed E-state index contributed by atoms with van der Waals surface area (Å²) in [6.45, 7) is 1.07. The fourth-order valence-corrected chi connectivity index (χ4v) is 1.60. The molecule has 0 radical (unpaired) electrons. The molecule has 1 amide bonds. The van der Waals surface area contributed by atoms with Crippen LogP contribution in [0.5, 0.6) is 0 Å². The molecule has 0 aliphatic carbocycles. The van der Waals surface area contributed by atoms with Gasteiger partial charge in [0, 0.05) is 25.5 Å². The summed E-state index contributed by atoms with van der Waals surface area (Å²) in [5.41, 5.74) is 0.585. The van der Waals surface area contributed by atoms with Crippen LogP contribution in [0.2, 0.25) is 0 Å². The lowest BCUT2D eigenvalue weighted by molar-refractivity contribution is 0.0764. The molecule has 4 nitrogen and oxygen atoms in total. The largest absolute Gasteiger partial charge is 0.391 e. The van der Waals surface area contributed by atoms with E-state index in [0.717, 1.165) is 0 Å². The maximum absolute atomic E-state index is 11.8. The Hall–Kier alpha value is -1.42. The molecule has 14 heavy (non-hydrogen) atoms. The van der Waals surface area contributed by atoms with Gasteiger partial charge in [-0.3, -0.25) is 9.78 Å². The van der Waals surface area contributed by atoms with Crippen LogP contribution >= 0.6 is 0 Å². The number of aliphatic hydroxyl groups excluding tert-OH is 1. The fourth-order valence-electron chi connectivity index (χ4n) is 1.60. The molecule has 0 unspecified atom stereocenters. The van der Waals surface area contributed by atoms with Crippen molar-refractivity contribution in [3.05, 3.63) is 30.1 Å². The smallest absolute Gasteiger partial charge is 0.255 e. The number of aromatic nitrogens is 1. The van der Waals surface area contributed by atoms with Crippen molar-refractivity contribution in [2.24, 2.45) is 0 Å². The standard InChI is InChI=1S/C10H12N2O2/c13-9-3-5-12(7-9)10(14)8-2-1-4-11-6-8/h1-2,4,6,9,13H,3,5,7H2/t9-/m0/s1. The predicted octanol–water partition coefficient (Wildman–Crippen LogP) is 0.288. The number of hydrogen-bond donors (Lipinski definition) is 1. The summed E-state index contributed by atoms with van der Waals surface area (Å²) in [5, 5.41) is 9.29. The Bertz CT molecular complexity index is 326. The summed E-state index contributed by atoms with van der Waals surface area (Å²) >= 11 is 0. The molecule has 0 aromatic carbocycles. The summed E-state index contributed by atoms with van der Waals surface area (Å²) < 4.78 is 0. The SMILES string of the molecule is O=C(c1cccnc1)N1CC[C@H](O)C1. The van der Waals surface area contributed by atoms with Gasteiger partial charge in [-0.1, -0.05) is 0 Å². The number of likely N-dealkylation sites (tertiary alicyclic amines) is 1. The average molecular weight is 192 g/mol. The Morgan fingerprint density at radius 2 is 2.50 bits per heavy atom. The Morgan fingerprint density at radius 3 is 3.07 bits per heavy atom. The zero-order chi connectivity index (χ0) is 9.97. The van der Waals surface area contributed by atoms with Gasteiger partial charge in [0.25, 0.3) is 5.91 Å². The zero-order valence-corrected chi connectivity index (χ0v) is 7.76. The van der Waals surface area contributed by atoms with Crippen LogP contribution in [0.4, 0.5) is 0 Å². The number of carbonyl (C=O) groups excluding carboxylic acids is 1. The Morgan fingerprint density at radius 1 is 1.64 bits per heavy atom. The molecule has 74 valence electrons. The molecule has 0 saturated carbocycles. The third-order valence-electron chi connectivity index (χ3n) is 2.36. The Balaban J connectivity index is 2.10. The van der Waals surface area contributed by atoms with Gasteiger partial charge < -0.3 is 10.0 Å². The topological polar surface area (TPSA) is 53.4 Å². The number of carbonyl (C=O) groups is 1. The van der Waals surface area contributed by atoms with Crippen molar-refractivity contribution in [1.82, 2.24) is 9.88 Å². The Labute approximate surface area is 82.2 Å². The predicted molar refractivity (Wildman–Crippen MR) is 50.8 cm³/mol. The molecular weight excluding hydrogens is 180 g/mol. The van der Waals surface area contributed by atoms with Gasteiger partial charge in [0.2, 0.25) is 0 Å². The molecule has 0 spiro atoms. The molecule has 2 rings (SSSR count). The minimum absolute atomic E-state index is 0.0466. The van der Waals surface area contributed by atoms with Crippen molar-refractivity contribution in [3.63, 3.8) is 0 Å². The van der Waals surface area contributed by atoms with Gasteiger partial charge >= 0.3 is 0 Å². The fraction of sp³-hybridized carbons (Fsp3) is 0.400. The van der Waals surface area contributed by atoms with Gasteiger partial charge in [-0.05, 0) is 18.6 Å². The van der Waals surface area contributed by atoms with Gasteiger partial charge in [0.15, 0.2) is 0 Å². The van der Waals surface area contributed by atoms with E-state index in [0.29, 0.717) is 25.1 Å². The van der Waals surface area contributed by atoms with Gasteiger partial charge in [-0.15, -0.1) is 0 Å². The third-order valence-corrected chi connectivity index (χ3v) is 2.36. The van der Waals surface area contributed by atoms with Crippen molar-refractivity contribution in [3.8, 4) is 0 Å². The Kier molecular flexibility index (Phi) is 2.45. The lowest BCUT2D eigenvalue weighted by atomic mass is 10.2. The van der Waals surface area contributed by atoms with Crippen LogP contribution in [0, 0.1) is 0 Å². The highest BCUT2D eigenvalue weighted by atomic mass is 16.3. The van der Waals surface area contributed by atoms with Crippen molar-refractivity contribution >= 4 is 5.91 Å². The average Bonchev–Trinajstić information content (AvgIpc) is 2.65. The quantitative estimate of drug-likeness (QED) is 0.695. The second kappa shape index (κ2) is 3.75. The van der Waals surface area contributed by atoms with E-state index in [-0.39, 0.29) is 12.0 Å². The van der Waals surface area contributed by atoms with E-state index in [2.05, 4.69) is 4.98 Å². The summed E-state index contributed by atoms with van der Waals surface area (Å²) in [6.07, 6.45) is 3.49. The number of nitrogens with zero attached hydrogens (tertiary/aromatic N) is 2. The molecule has 2 heterocycles. The highest BCUT2D eigenvalue weighted by Gasteiger charge is 2.25. The van der Waals surface area contributed by atoms with Gasteiger partial charge in [0.05, 0.1) is 11.7 Å². The van der Waals surface area contributed by atoms with Crippen LogP contribution < -0.4 is 0 Å². The lowest BCUT2D eigenvalue weighted by Gasteiger charge is -2.14. The molecule has 1 aromatic heterocycles. The number of hydrogen-bond acceptors (Lipinski definition) is 3. The van der Waals surface area contributed by atoms with Gasteiger partial charge in [0.1, 0.15) is 0 Å². The molecule has 1 atom stereocenters. The summed E-state index contributed by atoms with van der Waals surface area (Å²) in [6, 6.07) is 3.47.